The molecule has 0 saturated heterocycles. The van der Waals surface area contributed by atoms with E-state index in [1.807, 2.05) is 0 Å². The Labute approximate surface area is 524 Å². The lowest BCUT2D eigenvalue weighted by atomic mass is 10.00. The lowest BCUT2D eigenvalue weighted by Gasteiger charge is -2.21. The maximum absolute atomic E-state index is 13.0. The first-order valence-electron chi connectivity index (χ1n) is 34.8. The number of hydrogen-bond donors (Lipinski definition) is 3. The smallest absolute Gasteiger partial charge is 0.462 e. The van der Waals surface area contributed by atoms with Gasteiger partial charge in [-0.05, 0) is 49.4 Å². The Morgan fingerprint density at radius 3 is 0.826 bits per heavy atom. The van der Waals surface area contributed by atoms with E-state index >= 15 is 0 Å². The zero-order chi connectivity index (χ0) is 63.9. The van der Waals surface area contributed by atoms with E-state index in [9.17, 15) is 43.2 Å². The number of esters is 4. The summed E-state index contributed by atoms with van der Waals surface area (Å²) in [4.78, 5) is 72.4. The SMILES string of the molecule is CCC(C)CCCCCCCCC(=O)OC[C@H](COP(=O)(O)OC[C@H](O)COP(=O)(O)OC[C@@H](COC(=O)CCCCCCCCCCCCCC(C)C)OC(=O)CCCCCCCCCCCC(C)C)OC(=O)CCCCCCCCC(C)CC. The van der Waals surface area contributed by atoms with Gasteiger partial charge in [-0.15, -0.1) is 0 Å². The second kappa shape index (κ2) is 57.0. The largest absolute Gasteiger partial charge is 0.472 e. The van der Waals surface area contributed by atoms with Gasteiger partial charge in [-0.3, -0.25) is 37.3 Å². The standard InChI is InChI=1S/C67H130O17P2/c1-9-59(7)45-37-29-23-25-32-40-48-65(70)78-54-63(84-67(72)50-42-34-26-24-30-38-46-60(8)10-2)56-82-86(75,76)80-52-61(68)51-79-85(73,74)81-55-62(83-66(71)49-41-33-22-18-14-16-20-28-36-44-58(5)6)53-77-64(69)47-39-31-21-17-13-11-12-15-19-27-35-43-57(3)4/h57-63,68H,9-56H2,1-8H3,(H,73,74)(H,75,76)/t59?,60?,61-,62-,63-/m1/s1. The van der Waals surface area contributed by atoms with Crippen LogP contribution in [0, 0.1) is 23.7 Å². The quantitative estimate of drug-likeness (QED) is 0.0222. The highest BCUT2D eigenvalue weighted by molar-refractivity contribution is 7.47. The van der Waals surface area contributed by atoms with Crippen molar-refractivity contribution in [3.05, 3.63) is 0 Å². The molecule has 0 radical (unpaired) electrons. The lowest BCUT2D eigenvalue weighted by Crippen LogP contribution is -2.30. The molecule has 0 aromatic carbocycles. The maximum Gasteiger partial charge on any atom is 0.472 e. The van der Waals surface area contributed by atoms with Crippen LogP contribution in [0.5, 0.6) is 0 Å². The van der Waals surface area contributed by atoms with Gasteiger partial charge in [0.05, 0.1) is 26.4 Å². The first kappa shape index (κ1) is 84.1. The molecule has 3 N–H and O–H groups in total. The van der Waals surface area contributed by atoms with Gasteiger partial charge < -0.3 is 33.8 Å². The summed E-state index contributed by atoms with van der Waals surface area (Å²) in [6, 6.07) is 0. The first-order chi connectivity index (χ1) is 41.2. The van der Waals surface area contributed by atoms with Gasteiger partial charge in [0, 0.05) is 25.7 Å². The molecule has 0 heterocycles. The third-order valence-corrected chi connectivity index (χ3v) is 17.9. The van der Waals surface area contributed by atoms with E-state index in [1.165, 1.54) is 122 Å². The molecule has 0 saturated carbocycles. The predicted molar refractivity (Wildman–Crippen MR) is 344 cm³/mol. The molecule has 0 bridgehead atoms. The molecule has 0 aromatic rings. The molecule has 86 heavy (non-hydrogen) atoms. The van der Waals surface area contributed by atoms with E-state index in [1.54, 1.807) is 0 Å². The Morgan fingerprint density at radius 1 is 0.326 bits per heavy atom. The number of ether oxygens (including phenoxy) is 4. The minimum absolute atomic E-state index is 0.101. The first-order valence-corrected chi connectivity index (χ1v) is 37.8. The van der Waals surface area contributed by atoms with Gasteiger partial charge in [-0.1, -0.05) is 274 Å². The van der Waals surface area contributed by atoms with E-state index in [2.05, 4.69) is 55.4 Å². The number of rotatable bonds is 64. The number of carbonyl (C=O) groups is 4. The summed E-state index contributed by atoms with van der Waals surface area (Å²) in [6.45, 7) is 14.0. The molecule has 510 valence electrons. The zero-order valence-corrected chi connectivity index (χ0v) is 57.7. The molecule has 0 fully saturated rings. The van der Waals surface area contributed by atoms with Crippen LogP contribution in [-0.4, -0.2) is 96.7 Å². The van der Waals surface area contributed by atoms with E-state index in [4.69, 9.17) is 37.0 Å². The van der Waals surface area contributed by atoms with Crippen LogP contribution < -0.4 is 0 Å². The van der Waals surface area contributed by atoms with Crippen molar-refractivity contribution in [2.24, 2.45) is 23.7 Å². The Bertz CT molecular complexity index is 1720. The van der Waals surface area contributed by atoms with E-state index < -0.39 is 97.5 Å². The molecule has 0 spiro atoms. The molecule has 0 rings (SSSR count). The predicted octanol–water partition coefficient (Wildman–Crippen LogP) is 18.5. The van der Waals surface area contributed by atoms with Gasteiger partial charge >= 0.3 is 39.5 Å². The molecular formula is C67H130O17P2. The summed E-state index contributed by atoms with van der Waals surface area (Å²) in [6.07, 6.45) is 37.6. The summed E-state index contributed by atoms with van der Waals surface area (Å²) in [5.74, 6) is 0.821. The molecule has 19 heteroatoms. The van der Waals surface area contributed by atoms with Crippen LogP contribution in [0.3, 0.4) is 0 Å². The lowest BCUT2D eigenvalue weighted by molar-refractivity contribution is -0.161. The van der Waals surface area contributed by atoms with Crippen LogP contribution >= 0.6 is 15.6 Å². The van der Waals surface area contributed by atoms with Crippen molar-refractivity contribution in [1.29, 1.82) is 0 Å². The van der Waals surface area contributed by atoms with Gasteiger partial charge in [0.2, 0.25) is 0 Å². The fourth-order valence-electron chi connectivity index (χ4n) is 9.89. The minimum Gasteiger partial charge on any atom is -0.462 e. The van der Waals surface area contributed by atoms with Crippen LogP contribution in [0.25, 0.3) is 0 Å². The third-order valence-electron chi connectivity index (χ3n) is 16.0. The van der Waals surface area contributed by atoms with Crippen molar-refractivity contribution in [2.75, 3.05) is 39.6 Å². The Morgan fingerprint density at radius 2 is 0.558 bits per heavy atom. The zero-order valence-electron chi connectivity index (χ0n) is 55.9. The van der Waals surface area contributed by atoms with E-state index in [-0.39, 0.29) is 25.7 Å². The van der Waals surface area contributed by atoms with Crippen molar-refractivity contribution >= 4 is 39.5 Å². The van der Waals surface area contributed by atoms with Crippen molar-refractivity contribution < 1.29 is 80.2 Å². The van der Waals surface area contributed by atoms with Gasteiger partial charge in [0.25, 0.3) is 0 Å². The highest BCUT2D eigenvalue weighted by Crippen LogP contribution is 2.45. The van der Waals surface area contributed by atoms with Gasteiger partial charge in [0.1, 0.15) is 19.3 Å². The molecule has 7 atom stereocenters. The number of unbranched alkanes of at least 4 members (excludes halogenated alkanes) is 28. The van der Waals surface area contributed by atoms with Crippen LogP contribution in [0.2, 0.25) is 0 Å². The highest BCUT2D eigenvalue weighted by Gasteiger charge is 2.30. The molecule has 0 aromatic heterocycles. The number of aliphatic hydroxyl groups excluding tert-OH is 1. The van der Waals surface area contributed by atoms with Crippen LogP contribution in [0.15, 0.2) is 0 Å². The van der Waals surface area contributed by atoms with Crippen LogP contribution in [0.1, 0.15) is 325 Å². The molecule has 17 nitrogen and oxygen atoms in total. The molecule has 4 unspecified atom stereocenters. The third kappa shape index (κ3) is 58.4. The Kier molecular flexibility index (Phi) is 55.7. The number of phosphoric ester groups is 2. The summed E-state index contributed by atoms with van der Waals surface area (Å²) >= 11 is 0. The van der Waals surface area contributed by atoms with E-state index in [0.29, 0.717) is 25.7 Å². The monoisotopic (exact) mass is 1270 g/mol. The molecule has 0 aliphatic rings. The highest BCUT2D eigenvalue weighted by atomic mass is 31.2. The fourth-order valence-corrected chi connectivity index (χ4v) is 11.5. The van der Waals surface area contributed by atoms with Crippen molar-refractivity contribution in [3.8, 4) is 0 Å². The molecule has 0 aliphatic heterocycles. The van der Waals surface area contributed by atoms with E-state index in [0.717, 1.165) is 120 Å². The Balaban J connectivity index is 5.26. The number of phosphoric acid groups is 2. The van der Waals surface area contributed by atoms with Gasteiger partial charge in [-0.25, -0.2) is 9.13 Å². The average molecular weight is 1270 g/mol. The molecular weight excluding hydrogens is 1140 g/mol. The topological polar surface area (TPSA) is 237 Å². The summed E-state index contributed by atoms with van der Waals surface area (Å²) in [7, 11) is -9.90. The van der Waals surface area contributed by atoms with Gasteiger partial charge in [-0.2, -0.15) is 0 Å². The maximum atomic E-state index is 13.0. The number of carbonyl (C=O) groups excluding carboxylic acids is 4. The van der Waals surface area contributed by atoms with Crippen LogP contribution in [-0.2, 0) is 65.4 Å². The number of hydrogen-bond acceptors (Lipinski definition) is 15. The second-order valence-electron chi connectivity index (χ2n) is 25.6. The van der Waals surface area contributed by atoms with Crippen molar-refractivity contribution in [1.82, 2.24) is 0 Å². The average Bonchev–Trinajstić information content (AvgIpc) is 3.66. The Hall–Kier alpha value is -1.94. The van der Waals surface area contributed by atoms with Crippen molar-refractivity contribution in [2.45, 2.75) is 343 Å². The summed E-state index contributed by atoms with van der Waals surface area (Å²) < 4.78 is 68.1. The normalized spacial score (nSPS) is 15.0. The summed E-state index contributed by atoms with van der Waals surface area (Å²) in [5.41, 5.74) is 0. The minimum atomic E-state index is -4.95. The molecule has 0 amide bonds. The number of aliphatic hydroxyl groups is 1. The second-order valence-corrected chi connectivity index (χ2v) is 28.6. The fraction of sp³-hybridized carbons (Fsp3) is 0.940. The van der Waals surface area contributed by atoms with Crippen LogP contribution in [0.4, 0.5) is 0 Å². The molecule has 0 aliphatic carbocycles. The van der Waals surface area contributed by atoms with Gasteiger partial charge in [0.15, 0.2) is 12.2 Å². The summed E-state index contributed by atoms with van der Waals surface area (Å²) in [5, 5.41) is 10.6. The van der Waals surface area contributed by atoms with Crippen molar-refractivity contribution in [3.63, 3.8) is 0 Å².